The summed E-state index contributed by atoms with van der Waals surface area (Å²) in [6.07, 6.45) is 3.84. The zero-order chi connectivity index (χ0) is 20.0. The summed E-state index contributed by atoms with van der Waals surface area (Å²) in [5.41, 5.74) is 1.99. The molecule has 28 heavy (non-hydrogen) atoms. The van der Waals surface area contributed by atoms with Crippen molar-refractivity contribution < 1.29 is 19.5 Å². The van der Waals surface area contributed by atoms with Crippen molar-refractivity contribution in [2.45, 2.75) is 37.5 Å². The van der Waals surface area contributed by atoms with Crippen molar-refractivity contribution in [1.29, 1.82) is 0 Å². The maximum atomic E-state index is 13.1. The highest BCUT2D eigenvalue weighted by atomic mass is 16.4. The first-order chi connectivity index (χ1) is 13.5. The predicted molar refractivity (Wildman–Crippen MR) is 106 cm³/mol. The summed E-state index contributed by atoms with van der Waals surface area (Å²) < 4.78 is 0. The van der Waals surface area contributed by atoms with E-state index in [1.54, 1.807) is 24.3 Å². The van der Waals surface area contributed by atoms with Gasteiger partial charge in [-0.2, -0.15) is 0 Å². The molecule has 0 bridgehead atoms. The fraction of sp³-hybridized carbons (Fsp3) is 0.318. The number of nitrogens with one attached hydrogen (secondary N) is 2. The Hall–Kier alpha value is -3.15. The van der Waals surface area contributed by atoms with Crippen LogP contribution in [0, 0.1) is 0 Å². The predicted octanol–water partition coefficient (Wildman–Crippen LogP) is 2.88. The van der Waals surface area contributed by atoms with Gasteiger partial charge in [0, 0.05) is 5.69 Å². The van der Waals surface area contributed by atoms with Gasteiger partial charge >= 0.3 is 5.97 Å². The van der Waals surface area contributed by atoms with Crippen molar-refractivity contribution in [3.63, 3.8) is 0 Å². The summed E-state index contributed by atoms with van der Waals surface area (Å²) in [6, 6.07) is 17.0. The lowest BCUT2D eigenvalue weighted by Gasteiger charge is -2.28. The van der Waals surface area contributed by atoms with Crippen LogP contribution < -0.4 is 10.6 Å². The summed E-state index contributed by atoms with van der Waals surface area (Å²) in [5.74, 6) is -1.43. The number of carboxylic acids is 1. The van der Waals surface area contributed by atoms with Crippen LogP contribution in [-0.4, -0.2) is 29.4 Å². The van der Waals surface area contributed by atoms with E-state index in [2.05, 4.69) is 10.6 Å². The molecule has 1 aliphatic rings. The van der Waals surface area contributed by atoms with E-state index in [-0.39, 0.29) is 18.2 Å². The van der Waals surface area contributed by atoms with Crippen molar-refractivity contribution in [2.24, 2.45) is 0 Å². The first kappa shape index (κ1) is 19.6. The van der Waals surface area contributed by atoms with Gasteiger partial charge in [-0.05, 0) is 36.1 Å². The third-order valence-corrected chi connectivity index (χ3v) is 5.23. The fourth-order valence-corrected chi connectivity index (χ4v) is 3.76. The number of anilines is 1. The standard InChI is InChI=1S/C22H24N2O4/c25-19(23-15-20(26)27)14-16-8-10-18(11-9-16)24-21(28)22(12-4-5-13-22)17-6-2-1-3-7-17/h1-3,6-11H,4-5,12-15H2,(H,23,25)(H,24,28)(H,26,27). The Morgan fingerprint density at radius 2 is 1.57 bits per heavy atom. The number of aliphatic carboxylic acids is 1. The number of rotatable bonds is 7. The molecule has 2 amide bonds. The molecule has 0 unspecified atom stereocenters. The highest BCUT2D eigenvalue weighted by molar-refractivity contribution is 5.99. The van der Waals surface area contributed by atoms with Crippen molar-refractivity contribution in [2.75, 3.05) is 11.9 Å². The van der Waals surface area contributed by atoms with Crippen molar-refractivity contribution in [1.82, 2.24) is 5.32 Å². The second kappa shape index (κ2) is 8.69. The lowest BCUT2D eigenvalue weighted by Crippen LogP contribution is -2.37. The second-order valence-electron chi connectivity index (χ2n) is 7.15. The molecule has 3 N–H and O–H groups in total. The Morgan fingerprint density at radius 3 is 2.18 bits per heavy atom. The summed E-state index contributed by atoms with van der Waals surface area (Å²) in [6.45, 7) is -0.394. The first-order valence-corrected chi connectivity index (χ1v) is 9.44. The van der Waals surface area contributed by atoms with Crippen molar-refractivity contribution >= 4 is 23.5 Å². The zero-order valence-corrected chi connectivity index (χ0v) is 15.6. The third-order valence-electron chi connectivity index (χ3n) is 5.23. The molecular formula is C22H24N2O4. The highest BCUT2D eigenvalue weighted by Crippen LogP contribution is 2.42. The van der Waals surface area contributed by atoms with E-state index in [0.717, 1.165) is 36.8 Å². The Balaban J connectivity index is 1.65. The minimum atomic E-state index is -1.08. The van der Waals surface area contributed by atoms with Crippen LogP contribution >= 0.6 is 0 Å². The van der Waals surface area contributed by atoms with Crippen LogP contribution in [0.25, 0.3) is 0 Å². The quantitative estimate of drug-likeness (QED) is 0.688. The van der Waals surface area contributed by atoms with E-state index in [0.29, 0.717) is 5.69 Å². The summed E-state index contributed by atoms with van der Waals surface area (Å²) in [4.78, 5) is 35.3. The average molecular weight is 380 g/mol. The Labute approximate surface area is 164 Å². The number of hydrogen-bond acceptors (Lipinski definition) is 3. The second-order valence-corrected chi connectivity index (χ2v) is 7.15. The molecule has 0 aromatic heterocycles. The normalized spacial score (nSPS) is 15.0. The monoisotopic (exact) mass is 380 g/mol. The van der Waals surface area contributed by atoms with Gasteiger partial charge in [0.05, 0.1) is 11.8 Å². The maximum absolute atomic E-state index is 13.1. The molecule has 6 nitrogen and oxygen atoms in total. The van der Waals surface area contributed by atoms with Gasteiger partial charge in [0.1, 0.15) is 6.54 Å². The molecule has 2 aromatic rings. The largest absolute Gasteiger partial charge is 0.480 e. The third kappa shape index (κ3) is 4.57. The summed E-state index contributed by atoms with van der Waals surface area (Å²) in [5, 5.41) is 13.9. The number of carboxylic acid groups (broad SMARTS) is 1. The minimum Gasteiger partial charge on any atom is -0.480 e. The number of carbonyl (C=O) groups is 3. The molecular weight excluding hydrogens is 356 g/mol. The van der Waals surface area contributed by atoms with Crippen molar-refractivity contribution in [3.8, 4) is 0 Å². The van der Waals surface area contributed by atoms with Crippen LogP contribution in [0.5, 0.6) is 0 Å². The van der Waals surface area contributed by atoms with Gasteiger partial charge in [0.2, 0.25) is 11.8 Å². The maximum Gasteiger partial charge on any atom is 0.322 e. The summed E-state index contributed by atoms with van der Waals surface area (Å²) >= 11 is 0. The molecule has 0 spiro atoms. The van der Waals surface area contributed by atoms with Crippen LogP contribution in [-0.2, 0) is 26.2 Å². The van der Waals surface area contributed by atoms with E-state index in [9.17, 15) is 14.4 Å². The van der Waals surface area contributed by atoms with E-state index in [1.807, 2.05) is 30.3 Å². The smallest absolute Gasteiger partial charge is 0.322 e. The molecule has 0 aliphatic heterocycles. The highest BCUT2D eigenvalue weighted by Gasteiger charge is 2.42. The van der Waals surface area contributed by atoms with Crippen LogP contribution in [0.4, 0.5) is 5.69 Å². The molecule has 0 radical (unpaired) electrons. The van der Waals surface area contributed by atoms with E-state index >= 15 is 0 Å². The topological polar surface area (TPSA) is 95.5 Å². The lowest BCUT2D eigenvalue weighted by atomic mass is 9.78. The molecule has 1 fully saturated rings. The number of amides is 2. The average Bonchev–Trinajstić information content (AvgIpc) is 3.20. The van der Waals surface area contributed by atoms with E-state index in [1.165, 1.54) is 0 Å². The van der Waals surface area contributed by atoms with Gasteiger partial charge in [-0.1, -0.05) is 55.3 Å². The minimum absolute atomic E-state index is 0.00292. The van der Waals surface area contributed by atoms with Gasteiger partial charge in [-0.15, -0.1) is 0 Å². The molecule has 0 heterocycles. The Kier molecular flexibility index (Phi) is 6.09. The number of benzene rings is 2. The van der Waals surface area contributed by atoms with Crippen LogP contribution in [0.2, 0.25) is 0 Å². The lowest BCUT2D eigenvalue weighted by molar-refractivity contribution is -0.137. The fourth-order valence-electron chi connectivity index (χ4n) is 3.76. The van der Waals surface area contributed by atoms with E-state index in [4.69, 9.17) is 5.11 Å². The molecule has 1 saturated carbocycles. The molecule has 6 heteroatoms. The number of hydrogen-bond donors (Lipinski definition) is 3. The van der Waals surface area contributed by atoms with Gasteiger partial charge in [-0.25, -0.2) is 0 Å². The Bertz CT molecular complexity index is 841. The van der Waals surface area contributed by atoms with Crippen LogP contribution in [0.15, 0.2) is 54.6 Å². The molecule has 3 rings (SSSR count). The zero-order valence-electron chi connectivity index (χ0n) is 15.6. The van der Waals surface area contributed by atoms with Crippen molar-refractivity contribution in [3.05, 3.63) is 65.7 Å². The van der Waals surface area contributed by atoms with Gasteiger partial charge in [0.25, 0.3) is 0 Å². The van der Waals surface area contributed by atoms with Gasteiger partial charge in [0.15, 0.2) is 0 Å². The molecule has 0 atom stereocenters. The Morgan fingerprint density at radius 1 is 0.929 bits per heavy atom. The first-order valence-electron chi connectivity index (χ1n) is 9.44. The van der Waals surface area contributed by atoms with Crippen LogP contribution in [0.3, 0.4) is 0 Å². The molecule has 1 aliphatic carbocycles. The van der Waals surface area contributed by atoms with Gasteiger partial charge in [-0.3, -0.25) is 14.4 Å². The van der Waals surface area contributed by atoms with Crippen LogP contribution in [0.1, 0.15) is 36.8 Å². The molecule has 146 valence electrons. The summed E-state index contributed by atoms with van der Waals surface area (Å²) in [7, 11) is 0. The van der Waals surface area contributed by atoms with Gasteiger partial charge < -0.3 is 15.7 Å². The SMILES string of the molecule is O=C(O)CNC(=O)Cc1ccc(NC(=O)C2(c3ccccc3)CCCC2)cc1. The molecule has 0 saturated heterocycles. The number of carbonyl (C=O) groups excluding carboxylic acids is 2. The van der Waals surface area contributed by atoms with E-state index < -0.39 is 17.9 Å². The molecule has 2 aromatic carbocycles.